The van der Waals surface area contributed by atoms with E-state index in [1.54, 1.807) is 0 Å². The Kier molecular flexibility index (Phi) is 6.53. The molecule has 0 radical (unpaired) electrons. The second-order valence-corrected chi connectivity index (χ2v) is 3.16. The van der Waals surface area contributed by atoms with Crippen molar-refractivity contribution in [2.24, 2.45) is 0 Å². The minimum atomic E-state index is -4.51. The lowest BCUT2D eigenvalue weighted by Crippen LogP contribution is -2.13. The molecule has 0 aromatic rings. The molecule has 0 saturated carbocycles. The summed E-state index contributed by atoms with van der Waals surface area (Å²) < 4.78 is 38.0. The van der Waals surface area contributed by atoms with Crippen molar-refractivity contribution in [3.63, 3.8) is 0 Å². The van der Waals surface area contributed by atoms with Crippen LogP contribution in [0, 0.1) is 0 Å². The number of halogens is 3. The van der Waals surface area contributed by atoms with Crippen molar-refractivity contribution in [3.8, 4) is 0 Å². The minimum absolute atomic E-state index is 0.122. The van der Waals surface area contributed by atoms with Gasteiger partial charge in [0.05, 0.1) is 6.61 Å². The summed E-state index contributed by atoms with van der Waals surface area (Å²) in [5, 5.41) is 0. The number of ether oxygens (including phenoxy) is 1. The third-order valence-corrected chi connectivity index (χ3v) is 1.69. The highest BCUT2D eigenvalue weighted by Crippen LogP contribution is 2.16. The first-order valence-corrected chi connectivity index (χ1v) is 4.62. The number of unbranched alkanes of at least 4 members (excludes halogenated alkanes) is 3. The fourth-order valence-corrected chi connectivity index (χ4v) is 1.02. The van der Waals surface area contributed by atoms with Crippen LogP contribution < -0.4 is 0 Å². The summed E-state index contributed by atoms with van der Waals surface area (Å²) in [4.78, 5) is 10.5. The fourth-order valence-electron chi connectivity index (χ4n) is 1.02. The summed E-state index contributed by atoms with van der Waals surface area (Å²) in [5.41, 5.74) is 0. The summed E-state index contributed by atoms with van der Waals surface area (Å²) in [5.74, 6) is 0.122. The Hall–Kier alpha value is -0.580. The monoisotopic (exact) mass is 212 g/mol. The van der Waals surface area contributed by atoms with Crippen LogP contribution in [0.2, 0.25) is 0 Å². The highest BCUT2D eigenvalue weighted by atomic mass is 19.4. The van der Waals surface area contributed by atoms with Gasteiger partial charge in [0.1, 0.15) is 5.78 Å². The second-order valence-electron chi connectivity index (χ2n) is 3.16. The highest BCUT2D eigenvalue weighted by molar-refractivity contribution is 5.75. The Morgan fingerprint density at radius 1 is 1.14 bits per heavy atom. The van der Waals surface area contributed by atoms with Crippen molar-refractivity contribution in [2.75, 3.05) is 6.61 Å². The summed E-state index contributed by atoms with van der Waals surface area (Å²) >= 11 is 0. The lowest BCUT2D eigenvalue weighted by atomic mass is 10.1. The van der Waals surface area contributed by atoms with Gasteiger partial charge in [0.2, 0.25) is 0 Å². The molecule has 0 fully saturated rings. The maximum atomic E-state index is 11.5. The average molecular weight is 212 g/mol. The Labute approximate surface area is 81.4 Å². The molecule has 0 heterocycles. The van der Waals surface area contributed by atoms with Gasteiger partial charge in [-0.05, 0) is 19.8 Å². The molecule has 84 valence electrons. The Balaban J connectivity index is 3.11. The largest absolute Gasteiger partial charge is 0.522 e. The Bertz CT molecular complexity index is 166. The fraction of sp³-hybridized carbons (Fsp3) is 0.889. The van der Waals surface area contributed by atoms with Gasteiger partial charge in [0.25, 0.3) is 0 Å². The van der Waals surface area contributed by atoms with Gasteiger partial charge in [-0.25, -0.2) is 0 Å². The molecular weight excluding hydrogens is 197 g/mol. The number of hydrogen-bond acceptors (Lipinski definition) is 2. The van der Waals surface area contributed by atoms with Gasteiger partial charge >= 0.3 is 6.36 Å². The van der Waals surface area contributed by atoms with Crippen LogP contribution >= 0.6 is 0 Å². The zero-order valence-electron chi connectivity index (χ0n) is 8.19. The SMILES string of the molecule is CC(=O)CCCCCCOC(F)(F)F. The number of Topliss-reactive ketones (excluding diaryl/α,β-unsaturated/α-hetero) is 1. The van der Waals surface area contributed by atoms with Crippen molar-refractivity contribution in [2.45, 2.75) is 45.4 Å². The molecule has 0 aliphatic carbocycles. The van der Waals surface area contributed by atoms with Crippen LogP contribution in [0.4, 0.5) is 13.2 Å². The van der Waals surface area contributed by atoms with Gasteiger partial charge < -0.3 is 4.79 Å². The van der Waals surface area contributed by atoms with E-state index in [2.05, 4.69) is 4.74 Å². The number of carbonyl (C=O) groups excluding carboxylic acids is 1. The summed E-state index contributed by atoms with van der Waals surface area (Å²) in [6.45, 7) is 1.22. The molecule has 0 saturated heterocycles. The lowest BCUT2D eigenvalue weighted by molar-refractivity contribution is -0.324. The van der Waals surface area contributed by atoms with Gasteiger partial charge in [-0.15, -0.1) is 13.2 Å². The van der Waals surface area contributed by atoms with Crippen LogP contribution in [0.25, 0.3) is 0 Å². The van der Waals surface area contributed by atoms with Crippen molar-refractivity contribution < 1.29 is 22.7 Å². The molecule has 0 aromatic carbocycles. The first-order chi connectivity index (χ1) is 6.42. The van der Waals surface area contributed by atoms with E-state index in [9.17, 15) is 18.0 Å². The van der Waals surface area contributed by atoms with E-state index >= 15 is 0 Å². The molecule has 2 nitrogen and oxygen atoms in total. The van der Waals surface area contributed by atoms with E-state index in [-0.39, 0.29) is 12.4 Å². The zero-order valence-corrected chi connectivity index (χ0v) is 8.19. The number of rotatable bonds is 7. The summed E-state index contributed by atoms with van der Waals surface area (Å²) in [6.07, 6.45) is -1.41. The van der Waals surface area contributed by atoms with Crippen LogP contribution in [0.5, 0.6) is 0 Å². The molecule has 0 aliphatic rings. The van der Waals surface area contributed by atoms with Gasteiger partial charge in [-0.2, -0.15) is 0 Å². The molecule has 14 heavy (non-hydrogen) atoms. The number of alkyl halides is 3. The smallest absolute Gasteiger partial charge is 0.300 e. The van der Waals surface area contributed by atoms with Gasteiger partial charge in [-0.3, -0.25) is 4.74 Å². The molecule has 0 spiro atoms. The molecule has 0 amide bonds. The van der Waals surface area contributed by atoms with E-state index in [1.165, 1.54) is 6.92 Å². The molecule has 0 N–H and O–H groups in total. The maximum absolute atomic E-state index is 11.5. The van der Waals surface area contributed by atoms with Crippen molar-refractivity contribution in [1.82, 2.24) is 0 Å². The van der Waals surface area contributed by atoms with Crippen LogP contribution in [-0.2, 0) is 9.53 Å². The third-order valence-electron chi connectivity index (χ3n) is 1.69. The molecule has 0 atom stereocenters. The minimum Gasteiger partial charge on any atom is -0.300 e. The molecular formula is C9H15F3O2. The maximum Gasteiger partial charge on any atom is 0.522 e. The van der Waals surface area contributed by atoms with E-state index in [0.717, 1.165) is 12.8 Å². The molecule has 5 heteroatoms. The third kappa shape index (κ3) is 11.4. The topological polar surface area (TPSA) is 26.3 Å². The normalized spacial score (nSPS) is 11.7. The Morgan fingerprint density at radius 3 is 2.21 bits per heavy atom. The molecule has 0 aliphatic heterocycles. The lowest BCUT2D eigenvalue weighted by Gasteiger charge is -2.06. The van der Waals surface area contributed by atoms with Crippen LogP contribution in [0.1, 0.15) is 39.0 Å². The zero-order chi connectivity index (χ0) is 11.0. The van der Waals surface area contributed by atoms with Gasteiger partial charge in [-0.1, -0.05) is 12.8 Å². The summed E-state index contributed by atoms with van der Waals surface area (Å²) in [6, 6.07) is 0. The average Bonchev–Trinajstić information content (AvgIpc) is 2.00. The number of ketones is 1. The van der Waals surface area contributed by atoms with Crippen LogP contribution in [0.3, 0.4) is 0 Å². The van der Waals surface area contributed by atoms with Crippen molar-refractivity contribution in [3.05, 3.63) is 0 Å². The highest BCUT2D eigenvalue weighted by Gasteiger charge is 2.28. The van der Waals surface area contributed by atoms with E-state index in [1.807, 2.05) is 0 Å². The predicted molar refractivity (Wildman–Crippen MR) is 45.8 cm³/mol. The second kappa shape index (κ2) is 6.81. The first-order valence-electron chi connectivity index (χ1n) is 4.62. The molecule has 0 unspecified atom stereocenters. The van der Waals surface area contributed by atoms with E-state index in [4.69, 9.17) is 0 Å². The van der Waals surface area contributed by atoms with E-state index in [0.29, 0.717) is 19.3 Å². The number of carbonyl (C=O) groups is 1. The standard InChI is InChI=1S/C9H15F3O2/c1-8(13)6-4-2-3-5-7-14-9(10,11)12/h2-7H2,1H3. The van der Waals surface area contributed by atoms with Gasteiger partial charge in [0, 0.05) is 6.42 Å². The van der Waals surface area contributed by atoms with Crippen LogP contribution in [-0.4, -0.2) is 18.8 Å². The molecule has 0 aromatic heterocycles. The molecule has 0 rings (SSSR count). The first kappa shape index (κ1) is 13.4. The predicted octanol–water partition coefficient (Wildman–Crippen LogP) is 3.06. The van der Waals surface area contributed by atoms with Crippen molar-refractivity contribution in [1.29, 1.82) is 0 Å². The molecule has 0 bridgehead atoms. The van der Waals surface area contributed by atoms with E-state index < -0.39 is 6.36 Å². The summed E-state index contributed by atoms with van der Waals surface area (Å²) in [7, 11) is 0. The number of hydrogen-bond donors (Lipinski definition) is 0. The van der Waals surface area contributed by atoms with Crippen LogP contribution in [0.15, 0.2) is 0 Å². The van der Waals surface area contributed by atoms with Gasteiger partial charge in [0.15, 0.2) is 0 Å². The van der Waals surface area contributed by atoms with Crippen molar-refractivity contribution >= 4 is 5.78 Å². The quantitative estimate of drug-likeness (QED) is 0.606. The Morgan fingerprint density at radius 2 is 1.71 bits per heavy atom.